The minimum absolute atomic E-state index is 0.0837. The van der Waals surface area contributed by atoms with E-state index in [1.165, 1.54) is 11.0 Å². The predicted octanol–water partition coefficient (Wildman–Crippen LogP) is 0.853. The maximum Gasteiger partial charge on any atom is 0.247 e. The van der Waals surface area contributed by atoms with Crippen LogP contribution < -0.4 is 0 Å². The zero-order chi connectivity index (χ0) is 8.97. The summed E-state index contributed by atoms with van der Waals surface area (Å²) in [5.41, 5.74) is 0. The molecule has 0 radical (unpaired) electrons. The Morgan fingerprint density at radius 2 is 2.42 bits per heavy atom. The predicted molar refractivity (Wildman–Crippen MR) is 45.1 cm³/mol. The van der Waals surface area contributed by atoms with Gasteiger partial charge in [0, 0.05) is 6.08 Å². The summed E-state index contributed by atoms with van der Waals surface area (Å²) in [6.07, 6.45) is 6.77. The first kappa shape index (κ1) is 8.54. The van der Waals surface area contributed by atoms with Gasteiger partial charge in [-0.15, -0.1) is 0 Å². The summed E-state index contributed by atoms with van der Waals surface area (Å²) in [5.74, 6) is -0.0837. The molecule has 1 aliphatic rings. The van der Waals surface area contributed by atoms with Gasteiger partial charge in [0.2, 0.25) is 5.91 Å². The average Bonchev–Trinajstić information content (AvgIpc) is 2.83. The van der Waals surface area contributed by atoms with Crippen molar-refractivity contribution in [1.29, 1.82) is 5.26 Å². The Labute approximate surface area is 71.6 Å². The largest absolute Gasteiger partial charge is 0.318 e. The van der Waals surface area contributed by atoms with Crippen LogP contribution in [0.1, 0.15) is 6.92 Å². The second-order valence-corrected chi connectivity index (χ2v) is 2.52. The van der Waals surface area contributed by atoms with Gasteiger partial charge in [-0.3, -0.25) is 4.79 Å². The number of carbonyl (C=O) groups excluding carboxylic acids is 1. The standard InChI is InChI=1S/C9H10N2O/c1-2-3-4-5-9(12)11-7-8(11)6-10/h2-5,8H,7H2,1H3. The van der Waals surface area contributed by atoms with E-state index in [2.05, 4.69) is 0 Å². The molecular formula is C9H10N2O. The van der Waals surface area contributed by atoms with Crippen LogP contribution >= 0.6 is 0 Å². The molecule has 62 valence electrons. The van der Waals surface area contributed by atoms with Crippen molar-refractivity contribution in [3.63, 3.8) is 0 Å². The van der Waals surface area contributed by atoms with Crippen molar-refractivity contribution in [1.82, 2.24) is 4.90 Å². The molecule has 1 atom stereocenters. The highest BCUT2D eigenvalue weighted by Gasteiger charge is 2.36. The van der Waals surface area contributed by atoms with Gasteiger partial charge in [0.05, 0.1) is 12.6 Å². The van der Waals surface area contributed by atoms with Crippen LogP contribution in [0, 0.1) is 11.3 Å². The lowest BCUT2D eigenvalue weighted by Gasteiger charge is -1.91. The van der Waals surface area contributed by atoms with Gasteiger partial charge in [-0.25, -0.2) is 0 Å². The molecule has 1 amide bonds. The van der Waals surface area contributed by atoms with Crippen molar-refractivity contribution < 1.29 is 4.79 Å². The van der Waals surface area contributed by atoms with Crippen molar-refractivity contribution >= 4 is 5.91 Å². The zero-order valence-electron chi connectivity index (χ0n) is 6.90. The topological polar surface area (TPSA) is 43.9 Å². The van der Waals surface area contributed by atoms with Crippen LogP contribution in [-0.4, -0.2) is 23.4 Å². The van der Waals surface area contributed by atoms with Crippen molar-refractivity contribution in [2.75, 3.05) is 6.54 Å². The van der Waals surface area contributed by atoms with Gasteiger partial charge in [0.15, 0.2) is 0 Å². The van der Waals surface area contributed by atoms with E-state index in [9.17, 15) is 4.79 Å². The average molecular weight is 162 g/mol. The molecule has 0 saturated carbocycles. The lowest BCUT2D eigenvalue weighted by Crippen LogP contribution is -2.08. The fourth-order valence-corrected chi connectivity index (χ4v) is 0.838. The Morgan fingerprint density at radius 3 is 2.92 bits per heavy atom. The Balaban J connectivity index is 2.37. The molecule has 1 unspecified atom stereocenters. The van der Waals surface area contributed by atoms with E-state index < -0.39 is 0 Å². The Morgan fingerprint density at radius 1 is 1.67 bits per heavy atom. The first-order valence-electron chi connectivity index (χ1n) is 3.79. The normalized spacial score (nSPS) is 21.7. The lowest BCUT2D eigenvalue weighted by molar-refractivity contribution is -0.121. The van der Waals surface area contributed by atoms with E-state index in [-0.39, 0.29) is 11.9 Å². The molecule has 0 aromatic rings. The van der Waals surface area contributed by atoms with Crippen LogP contribution in [0.3, 0.4) is 0 Å². The number of allylic oxidation sites excluding steroid dienone is 3. The van der Waals surface area contributed by atoms with Crippen molar-refractivity contribution in [3.8, 4) is 6.07 Å². The van der Waals surface area contributed by atoms with Crippen LogP contribution in [0.15, 0.2) is 24.3 Å². The van der Waals surface area contributed by atoms with E-state index in [4.69, 9.17) is 5.26 Å². The molecule has 0 aromatic heterocycles. The third-order valence-corrected chi connectivity index (χ3v) is 1.59. The minimum Gasteiger partial charge on any atom is -0.318 e. The van der Waals surface area contributed by atoms with E-state index in [0.717, 1.165) is 0 Å². The minimum atomic E-state index is -0.187. The van der Waals surface area contributed by atoms with Gasteiger partial charge >= 0.3 is 0 Å². The van der Waals surface area contributed by atoms with Crippen LogP contribution in [0.25, 0.3) is 0 Å². The van der Waals surface area contributed by atoms with E-state index in [1.807, 2.05) is 19.1 Å². The fraction of sp³-hybridized carbons (Fsp3) is 0.333. The van der Waals surface area contributed by atoms with E-state index in [0.29, 0.717) is 6.54 Å². The maximum absolute atomic E-state index is 11.1. The zero-order valence-corrected chi connectivity index (χ0v) is 6.90. The number of carbonyl (C=O) groups is 1. The highest BCUT2D eigenvalue weighted by Crippen LogP contribution is 2.15. The smallest absolute Gasteiger partial charge is 0.247 e. The van der Waals surface area contributed by atoms with Crippen molar-refractivity contribution in [2.45, 2.75) is 13.0 Å². The maximum atomic E-state index is 11.1. The number of amides is 1. The molecule has 1 rings (SSSR count). The van der Waals surface area contributed by atoms with E-state index in [1.54, 1.807) is 12.2 Å². The summed E-state index contributed by atoms with van der Waals surface area (Å²) in [5, 5.41) is 8.41. The van der Waals surface area contributed by atoms with Crippen LogP contribution in [0.2, 0.25) is 0 Å². The highest BCUT2D eigenvalue weighted by molar-refractivity contribution is 5.90. The van der Waals surface area contributed by atoms with Gasteiger partial charge in [0.25, 0.3) is 0 Å². The molecule has 12 heavy (non-hydrogen) atoms. The molecule has 0 aromatic carbocycles. The van der Waals surface area contributed by atoms with Crippen LogP contribution in [0.5, 0.6) is 0 Å². The van der Waals surface area contributed by atoms with Gasteiger partial charge < -0.3 is 4.90 Å². The molecule has 1 saturated heterocycles. The summed E-state index contributed by atoms with van der Waals surface area (Å²) in [7, 11) is 0. The monoisotopic (exact) mass is 162 g/mol. The second kappa shape index (κ2) is 3.72. The van der Waals surface area contributed by atoms with Crippen molar-refractivity contribution in [2.24, 2.45) is 0 Å². The van der Waals surface area contributed by atoms with E-state index >= 15 is 0 Å². The summed E-state index contributed by atoms with van der Waals surface area (Å²) in [6, 6.07) is 1.83. The molecular weight excluding hydrogens is 152 g/mol. The van der Waals surface area contributed by atoms with Gasteiger partial charge in [-0.2, -0.15) is 5.26 Å². The lowest BCUT2D eigenvalue weighted by atomic mass is 10.4. The molecule has 3 nitrogen and oxygen atoms in total. The fourth-order valence-electron chi connectivity index (χ4n) is 0.838. The SMILES string of the molecule is CC=CC=CC(=O)N1CC1C#N. The number of hydrogen-bond donors (Lipinski definition) is 0. The molecule has 1 fully saturated rings. The van der Waals surface area contributed by atoms with Gasteiger partial charge in [-0.05, 0) is 6.92 Å². The molecule has 0 aliphatic carbocycles. The number of hydrogen-bond acceptors (Lipinski definition) is 2. The summed E-state index contributed by atoms with van der Waals surface area (Å²) < 4.78 is 0. The molecule has 0 bridgehead atoms. The molecule has 0 spiro atoms. The Hall–Kier alpha value is -1.56. The summed E-state index contributed by atoms with van der Waals surface area (Å²) in [6.45, 7) is 2.46. The third kappa shape index (κ3) is 1.96. The van der Waals surface area contributed by atoms with Crippen molar-refractivity contribution in [3.05, 3.63) is 24.3 Å². The number of nitriles is 1. The van der Waals surface area contributed by atoms with Crippen LogP contribution in [0.4, 0.5) is 0 Å². The third-order valence-electron chi connectivity index (χ3n) is 1.59. The summed E-state index contributed by atoms with van der Waals surface area (Å²) in [4.78, 5) is 12.6. The van der Waals surface area contributed by atoms with Crippen LogP contribution in [-0.2, 0) is 4.79 Å². The molecule has 1 heterocycles. The quantitative estimate of drug-likeness (QED) is 0.343. The first-order chi connectivity index (χ1) is 5.79. The summed E-state index contributed by atoms with van der Waals surface area (Å²) >= 11 is 0. The molecule has 0 N–H and O–H groups in total. The van der Waals surface area contributed by atoms with Gasteiger partial charge in [0.1, 0.15) is 6.04 Å². The Bertz CT molecular complexity index is 273. The first-order valence-corrected chi connectivity index (χ1v) is 3.79. The highest BCUT2D eigenvalue weighted by atomic mass is 16.2. The van der Waals surface area contributed by atoms with Gasteiger partial charge in [-0.1, -0.05) is 18.2 Å². The molecule has 3 heteroatoms. The Kier molecular flexibility index (Phi) is 2.65. The molecule has 1 aliphatic heterocycles. The number of rotatable bonds is 2. The second-order valence-electron chi connectivity index (χ2n) is 2.52. The number of nitrogens with zero attached hydrogens (tertiary/aromatic N) is 2.